The lowest BCUT2D eigenvalue weighted by molar-refractivity contribution is 0.102. The number of methoxy groups -OCH3 is 2. The van der Waals surface area contributed by atoms with Crippen LogP contribution < -0.4 is 14.8 Å². The van der Waals surface area contributed by atoms with Crippen LogP contribution in [0.15, 0.2) is 40.9 Å². The van der Waals surface area contributed by atoms with Crippen LogP contribution in [0.3, 0.4) is 0 Å². The number of hydrogen-bond donors (Lipinski definition) is 1. The summed E-state index contributed by atoms with van der Waals surface area (Å²) in [5.41, 5.74) is 0.452. The van der Waals surface area contributed by atoms with Crippen LogP contribution in [0.4, 0.5) is 10.1 Å². The highest BCUT2D eigenvalue weighted by Gasteiger charge is 2.13. The van der Waals surface area contributed by atoms with Crippen molar-refractivity contribution in [2.24, 2.45) is 0 Å². The van der Waals surface area contributed by atoms with Gasteiger partial charge in [0.05, 0.1) is 24.3 Å². The Morgan fingerprint density at radius 1 is 1.14 bits per heavy atom. The van der Waals surface area contributed by atoms with Crippen molar-refractivity contribution in [3.05, 3.63) is 52.3 Å². The summed E-state index contributed by atoms with van der Waals surface area (Å²) < 4.78 is 24.6. The molecule has 0 saturated heterocycles. The Morgan fingerprint density at radius 2 is 1.90 bits per heavy atom. The van der Waals surface area contributed by atoms with Gasteiger partial charge in [0.25, 0.3) is 5.91 Å². The monoisotopic (exact) mass is 353 g/mol. The molecule has 110 valence electrons. The second-order valence-corrected chi connectivity index (χ2v) is 5.00. The van der Waals surface area contributed by atoms with Crippen LogP contribution >= 0.6 is 15.9 Å². The van der Waals surface area contributed by atoms with Gasteiger partial charge in [-0.1, -0.05) is 0 Å². The average Bonchev–Trinajstić information content (AvgIpc) is 2.48. The number of amides is 1. The zero-order chi connectivity index (χ0) is 15.4. The number of nitrogens with one attached hydrogen (secondary N) is 1. The molecule has 2 aromatic rings. The molecule has 0 unspecified atom stereocenters. The molecule has 0 spiro atoms. The van der Waals surface area contributed by atoms with E-state index in [4.69, 9.17) is 9.47 Å². The van der Waals surface area contributed by atoms with E-state index in [-0.39, 0.29) is 5.56 Å². The van der Waals surface area contributed by atoms with Crippen LogP contribution in [0, 0.1) is 5.82 Å². The smallest absolute Gasteiger partial charge is 0.258 e. The van der Waals surface area contributed by atoms with E-state index in [1.807, 2.05) is 0 Å². The van der Waals surface area contributed by atoms with Crippen LogP contribution in [-0.4, -0.2) is 20.1 Å². The summed E-state index contributed by atoms with van der Waals surface area (Å²) in [6.07, 6.45) is 0. The van der Waals surface area contributed by atoms with E-state index in [1.54, 1.807) is 18.2 Å². The fourth-order valence-corrected chi connectivity index (χ4v) is 2.15. The van der Waals surface area contributed by atoms with Gasteiger partial charge < -0.3 is 14.8 Å². The van der Waals surface area contributed by atoms with E-state index in [1.165, 1.54) is 26.4 Å². The number of carbonyl (C=O) groups is 1. The minimum Gasteiger partial charge on any atom is -0.497 e. The average molecular weight is 354 g/mol. The highest BCUT2D eigenvalue weighted by molar-refractivity contribution is 9.10. The lowest BCUT2D eigenvalue weighted by atomic mass is 10.2. The van der Waals surface area contributed by atoms with Gasteiger partial charge >= 0.3 is 0 Å². The maximum Gasteiger partial charge on any atom is 0.258 e. The standard InChI is InChI=1S/C15H13BrFNO3/c1-20-10-4-5-11(13(17)8-10)15(19)18-9-3-6-12(16)14(7-9)21-2/h3-8H,1-2H3,(H,18,19). The van der Waals surface area contributed by atoms with Crippen molar-refractivity contribution >= 4 is 27.5 Å². The van der Waals surface area contributed by atoms with E-state index in [2.05, 4.69) is 21.2 Å². The topological polar surface area (TPSA) is 47.6 Å². The minimum atomic E-state index is -0.643. The predicted octanol–water partition coefficient (Wildman–Crippen LogP) is 3.86. The summed E-state index contributed by atoms with van der Waals surface area (Å²) in [5, 5.41) is 2.62. The molecule has 0 radical (unpaired) electrons. The lowest BCUT2D eigenvalue weighted by Gasteiger charge is -2.09. The Labute approximate surface area is 130 Å². The maximum atomic E-state index is 13.8. The molecular formula is C15H13BrFNO3. The van der Waals surface area contributed by atoms with Crippen molar-refractivity contribution in [3.8, 4) is 11.5 Å². The summed E-state index contributed by atoms with van der Waals surface area (Å²) >= 11 is 3.32. The zero-order valence-corrected chi connectivity index (χ0v) is 13.0. The molecule has 0 aliphatic rings. The van der Waals surface area contributed by atoms with Gasteiger partial charge in [-0.3, -0.25) is 4.79 Å². The molecule has 1 N–H and O–H groups in total. The maximum absolute atomic E-state index is 13.8. The number of carbonyl (C=O) groups excluding carboxylic acids is 1. The van der Waals surface area contributed by atoms with Gasteiger partial charge in [-0.2, -0.15) is 0 Å². The Kier molecular flexibility index (Phi) is 4.80. The highest BCUT2D eigenvalue weighted by atomic mass is 79.9. The first-order valence-electron chi connectivity index (χ1n) is 6.03. The van der Waals surface area contributed by atoms with Crippen molar-refractivity contribution in [3.63, 3.8) is 0 Å². The van der Waals surface area contributed by atoms with Crippen molar-refractivity contribution in [1.82, 2.24) is 0 Å². The fraction of sp³-hybridized carbons (Fsp3) is 0.133. The van der Waals surface area contributed by atoms with Crippen LogP contribution in [-0.2, 0) is 0 Å². The molecule has 21 heavy (non-hydrogen) atoms. The summed E-state index contributed by atoms with van der Waals surface area (Å²) in [6.45, 7) is 0. The largest absolute Gasteiger partial charge is 0.497 e. The van der Waals surface area contributed by atoms with Crippen LogP contribution in [0.2, 0.25) is 0 Å². The predicted molar refractivity (Wildman–Crippen MR) is 81.6 cm³/mol. The Hall–Kier alpha value is -2.08. The van der Waals surface area contributed by atoms with Gasteiger partial charge in [0.1, 0.15) is 17.3 Å². The number of anilines is 1. The third-order valence-corrected chi connectivity index (χ3v) is 3.48. The molecule has 0 heterocycles. The molecule has 0 saturated carbocycles. The third-order valence-electron chi connectivity index (χ3n) is 2.83. The fourth-order valence-electron chi connectivity index (χ4n) is 1.74. The molecule has 0 fully saturated rings. The number of benzene rings is 2. The van der Waals surface area contributed by atoms with Crippen LogP contribution in [0.25, 0.3) is 0 Å². The minimum absolute atomic E-state index is 0.0577. The van der Waals surface area contributed by atoms with Gasteiger partial charge in [-0.25, -0.2) is 4.39 Å². The summed E-state index contributed by atoms with van der Waals surface area (Å²) in [7, 11) is 2.96. The number of hydrogen-bond acceptors (Lipinski definition) is 3. The van der Waals surface area contributed by atoms with Gasteiger partial charge in [0.15, 0.2) is 0 Å². The van der Waals surface area contributed by atoms with Gasteiger partial charge in [-0.15, -0.1) is 0 Å². The SMILES string of the molecule is COc1ccc(C(=O)Nc2ccc(Br)c(OC)c2)c(F)c1. The first kappa shape index (κ1) is 15.3. The zero-order valence-electron chi connectivity index (χ0n) is 11.4. The first-order chi connectivity index (χ1) is 10.0. The number of rotatable bonds is 4. The van der Waals surface area contributed by atoms with E-state index in [0.29, 0.717) is 17.2 Å². The van der Waals surface area contributed by atoms with Crippen molar-refractivity contribution < 1.29 is 18.7 Å². The Bertz CT molecular complexity index is 676. The Morgan fingerprint density at radius 3 is 2.52 bits per heavy atom. The lowest BCUT2D eigenvalue weighted by Crippen LogP contribution is -2.13. The van der Waals surface area contributed by atoms with Gasteiger partial charge in [0.2, 0.25) is 0 Å². The highest BCUT2D eigenvalue weighted by Crippen LogP contribution is 2.28. The molecule has 2 rings (SSSR count). The Balaban J connectivity index is 2.22. The molecule has 4 nitrogen and oxygen atoms in total. The number of ether oxygens (including phenoxy) is 2. The van der Waals surface area contributed by atoms with E-state index in [9.17, 15) is 9.18 Å². The normalized spacial score (nSPS) is 10.1. The molecular weight excluding hydrogens is 341 g/mol. The van der Waals surface area contributed by atoms with E-state index < -0.39 is 11.7 Å². The van der Waals surface area contributed by atoms with Crippen molar-refractivity contribution in [2.75, 3.05) is 19.5 Å². The molecule has 0 aliphatic carbocycles. The molecule has 0 bridgehead atoms. The summed E-state index contributed by atoms with van der Waals surface area (Å²) in [6, 6.07) is 9.13. The second-order valence-electron chi connectivity index (χ2n) is 4.15. The van der Waals surface area contributed by atoms with Gasteiger partial charge in [0, 0.05) is 17.8 Å². The quantitative estimate of drug-likeness (QED) is 0.907. The first-order valence-corrected chi connectivity index (χ1v) is 6.83. The molecule has 0 aliphatic heterocycles. The summed E-state index contributed by atoms with van der Waals surface area (Å²) in [4.78, 5) is 12.1. The second kappa shape index (κ2) is 6.58. The third kappa shape index (κ3) is 3.52. The molecule has 0 atom stereocenters. The van der Waals surface area contributed by atoms with Crippen molar-refractivity contribution in [2.45, 2.75) is 0 Å². The van der Waals surface area contributed by atoms with Crippen LogP contribution in [0.5, 0.6) is 11.5 Å². The van der Waals surface area contributed by atoms with Gasteiger partial charge in [-0.05, 0) is 40.2 Å². The molecule has 0 aromatic heterocycles. The molecule has 2 aromatic carbocycles. The number of halogens is 2. The summed E-state index contributed by atoms with van der Waals surface area (Å²) in [5.74, 6) is -0.257. The van der Waals surface area contributed by atoms with Crippen LogP contribution in [0.1, 0.15) is 10.4 Å². The molecule has 1 amide bonds. The molecule has 6 heteroatoms. The van der Waals surface area contributed by atoms with Crippen molar-refractivity contribution in [1.29, 1.82) is 0 Å². The van der Waals surface area contributed by atoms with E-state index in [0.717, 1.165) is 10.5 Å². The van der Waals surface area contributed by atoms with E-state index >= 15 is 0 Å².